The second-order valence-electron chi connectivity index (χ2n) is 9.95. The zero-order chi connectivity index (χ0) is 26.3. The normalized spacial score (nSPS) is 21.4. The van der Waals surface area contributed by atoms with E-state index in [2.05, 4.69) is 16.4 Å². The van der Waals surface area contributed by atoms with E-state index in [0.29, 0.717) is 30.3 Å². The minimum atomic E-state index is -4.55. The highest BCUT2D eigenvalue weighted by Crippen LogP contribution is 2.45. The lowest BCUT2D eigenvalue weighted by molar-refractivity contribution is -0.138. The predicted octanol–water partition coefficient (Wildman–Crippen LogP) is 4.80. The van der Waals surface area contributed by atoms with Crippen molar-refractivity contribution in [2.75, 3.05) is 18.5 Å². The molecule has 0 radical (unpaired) electrons. The van der Waals surface area contributed by atoms with Gasteiger partial charge in [0.2, 0.25) is 11.9 Å². The summed E-state index contributed by atoms with van der Waals surface area (Å²) in [7, 11) is 0. The number of fused-ring (bicyclic) bond motifs is 4. The Bertz CT molecular complexity index is 1340. The predicted molar refractivity (Wildman–Crippen MR) is 132 cm³/mol. The highest BCUT2D eigenvalue weighted by Gasteiger charge is 2.42. The molecule has 2 aromatic carbocycles. The lowest BCUT2D eigenvalue weighted by Crippen LogP contribution is -2.52. The third-order valence-corrected chi connectivity index (χ3v) is 7.66. The molecule has 3 aliphatic rings. The molecule has 2 bridgehead atoms. The van der Waals surface area contributed by atoms with Crippen molar-refractivity contribution in [2.24, 2.45) is 5.92 Å². The molecule has 2 aliphatic heterocycles. The molecule has 37 heavy (non-hydrogen) atoms. The fourth-order valence-corrected chi connectivity index (χ4v) is 5.85. The highest BCUT2D eigenvalue weighted by molar-refractivity contribution is 6.04. The molecule has 3 aromatic rings. The fourth-order valence-electron chi connectivity index (χ4n) is 5.85. The Morgan fingerprint density at radius 1 is 1.16 bits per heavy atom. The maximum atomic E-state index is 13.1. The number of halogens is 3. The summed E-state index contributed by atoms with van der Waals surface area (Å²) < 4.78 is 41.1. The smallest absolute Gasteiger partial charge is 0.396 e. The van der Waals surface area contributed by atoms with Crippen LogP contribution in [0.3, 0.4) is 0 Å². The number of imidazole rings is 1. The van der Waals surface area contributed by atoms with E-state index >= 15 is 0 Å². The minimum absolute atomic E-state index is 0.0590. The average Bonchev–Trinajstić information content (AvgIpc) is 3.22. The van der Waals surface area contributed by atoms with E-state index in [9.17, 15) is 27.9 Å². The first kappa shape index (κ1) is 25.3. The number of amides is 2. The number of carbonyl (C=O) groups is 2. The van der Waals surface area contributed by atoms with E-state index in [4.69, 9.17) is 0 Å². The van der Waals surface area contributed by atoms with E-state index in [1.54, 1.807) is 11.5 Å². The molecule has 10 heteroatoms. The average molecular weight is 515 g/mol. The Kier molecular flexibility index (Phi) is 6.70. The van der Waals surface area contributed by atoms with Gasteiger partial charge in [0, 0.05) is 38.2 Å². The molecule has 2 amide bonds. The van der Waals surface area contributed by atoms with Crippen LogP contribution in [0.1, 0.15) is 60.0 Å². The van der Waals surface area contributed by atoms with E-state index < -0.39 is 17.6 Å². The van der Waals surface area contributed by atoms with Gasteiger partial charge in [0.15, 0.2) is 0 Å². The molecule has 2 saturated heterocycles. The number of nitrogens with zero attached hydrogens (tertiary/aromatic N) is 3. The SMILES string of the molecule is CC(=O)N1CC2CCC1CC2c1ccc2c(c1)nc(NC(=O)c1cccc(C(F)(F)F)c1)n2CCCO. The van der Waals surface area contributed by atoms with Crippen LogP contribution in [0.2, 0.25) is 0 Å². The number of anilines is 1. The van der Waals surface area contributed by atoms with Crippen molar-refractivity contribution < 1.29 is 27.9 Å². The van der Waals surface area contributed by atoms with Crippen LogP contribution in [-0.4, -0.2) is 50.6 Å². The van der Waals surface area contributed by atoms with E-state index in [1.807, 2.05) is 17.0 Å². The zero-order valence-electron chi connectivity index (χ0n) is 20.5. The monoisotopic (exact) mass is 514 g/mol. The minimum Gasteiger partial charge on any atom is -0.396 e. The Morgan fingerprint density at radius 2 is 1.97 bits per heavy atom. The molecule has 1 aliphatic carbocycles. The van der Waals surface area contributed by atoms with Crippen molar-refractivity contribution in [3.8, 4) is 0 Å². The molecule has 196 valence electrons. The van der Waals surface area contributed by atoms with Gasteiger partial charge in [0.05, 0.1) is 16.6 Å². The summed E-state index contributed by atoms with van der Waals surface area (Å²) >= 11 is 0. The van der Waals surface area contributed by atoms with Crippen LogP contribution in [0.5, 0.6) is 0 Å². The number of alkyl halides is 3. The van der Waals surface area contributed by atoms with Crippen molar-refractivity contribution in [1.29, 1.82) is 0 Å². The molecule has 7 nitrogen and oxygen atoms in total. The van der Waals surface area contributed by atoms with Crippen LogP contribution >= 0.6 is 0 Å². The van der Waals surface area contributed by atoms with Gasteiger partial charge in [-0.15, -0.1) is 0 Å². The molecule has 3 fully saturated rings. The number of aromatic nitrogens is 2. The number of nitrogens with one attached hydrogen (secondary N) is 1. The van der Waals surface area contributed by atoms with Gasteiger partial charge in [0.1, 0.15) is 0 Å². The summed E-state index contributed by atoms with van der Waals surface area (Å²) in [5.41, 5.74) is 1.55. The van der Waals surface area contributed by atoms with Crippen LogP contribution in [-0.2, 0) is 17.5 Å². The summed E-state index contributed by atoms with van der Waals surface area (Å²) in [4.78, 5) is 31.5. The van der Waals surface area contributed by atoms with Crippen molar-refractivity contribution in [3.63, 3.8) is 0 Å². The second kappa shape index (κ2) is 9.81. The maximum Gasteiger partial charge on any atom is 0.416 e. The standard InChI is InChI=1S/C27H29F3N4O3/c1-16(36)34-15-19-6-8-21(34)14-22(19)17-7-9-24-23(13-17)31-26(33(24)10-3-11-35)32-25(37)18-4-2-5-20(12-18)27(28,29)30/h2,4-5,7,9,12-13,19,21-22,35H,3,6,8,10-11,14-15H2,1H3,(H,31,32,37). The van der Waals surface area contributed by atoms with Gasteiger partial charge in [-0.1, -0.05) is 12.1 Å². The van der Waals surface area contributed by atoms with Gasteiger partial charge < -0.3 is 14.6 Å². The van der Waals surface area contributed by atoms with Crippen LogP contribution in [0.15, 0.2) is 42.5 Å². The van der Waals surface area contributed by atoms with Crippen molar-refractivity contribution in [1.82, 2.24) is 14.5 Å². The van der Waals surface area contributed by atoms with E-state index in [-0.39, 0.29) is 30.1 Å². The highest BCUT2D eigenvalue weighted by atomic mass is 19.4. The Balaban J connectivity index is 1.44. The lowest BCUT2D eigenvalue weighted by Gasteiger charge is -2.49. The number of benzene rings is 2. The first-order chi connectivity index (χ1) is 17.7. The number of hydrogen-bond acceptors (Lipinski definition) is 4. The third kappa shape index (κ3) is 4.94. The summed E-state index contributed by atoms with van der Waals surface area (Å²) in [5.74, 6) is 0.330. The number of aliphatic hydroxyl groups is 1. The fraction of sp³-hybridized carbons (Fsp3) is 0.444. The van der Waals surface area contributed by atoms with Gasteiger partial charge in [-0.05, 0) is 73.4 Å². The molecule has 3 atom stereocenters. The van der Waals surface area contributed by atoms with E-state index in [0.717, 1.165) is 49.0 Å². The molecular weight excluding hydrogens is 485 g/mol. The second-order valence-corrected chi connectivity index (χ2v) is 9.95. The lowest BCUT2D eigenvalue weighted by atomic mass is 9.69. The van der Waals surface area contributed by atoms with Crippen molar-refractivity contribution in [2.45, 2.75) is 57.3 Å². The topological polar surface area (TPSA) is 87.5 Å². The van der Waals surface area contributed by atoms with Crippen LogP contribution in [0.4, 0.5) is 19.1 Å². The summed E-state index contributed by atoms with van der Waals surface area (Å²) in [6, 6.07) is 10.5. The van der Waals surface area contributed by atoms with Gasteiger partial charge in [-0.25, -0.2) is 4.98 Å². The first-order valence-corrected chi connectivity index (χ1v) is 12.5. The van der Waals surface area contributed by atoms with Crippen molar-refractivity contribution in [3.05, 3.63) is 59.2 Å². The zero-order valence-corrected chi connectivity index (χ0v) is 20.5. The third-order valence-electron chi connectivity index (χ3n) is 7.66. The Hall–Kier alpha value is -3.40. The number of rotatable bonds is 6. The molecule has 1 aromatic heterocycles. The van der Waals surface area contributed by atoms with Gasteiger partial charge in [0.25, 0.3) is 5.91 Å². The van der Waals surface area contributed by atoms with E-state index in [1.165, 1.54) is 12.1 Å². The number of piperidine rings is 2. The number of aliphatic hydroxyl groups excluding tert-OH is 1. The Labute approximate surface area is 212 Å². The maximum absolute atomic E-state index is 13.1. The van der Waals surface area contributed by atoms with Gasteiger partial charge >= 0.3 is 6.18 Å². The number of aryl methyl sites for hydroxylation is 1. The summed E-state index contributed by atoms with van der Waals surface area (Å²) in [6.07, 6.45) is -1.14. The first-order valence-electron chi connectivity index (χ1n) is 12.5. The van der Waals surface area contributed by atoms with Crippen LogP contribution in [0.25, 0.3) is 11.0 Å². The quantitative estimate of drug-likeness (QED) is 0.495. The molecular formula is C27H29F3N4O3. The summed E-state index contributed by atoms with van der Waals surface area (Å²) in [5, 5.41) is 12.0. The molecule has 0 spiro atoms. The number of carbonyl (C=O) groups excluding carboxylic acids is 2. The Morgan fingerprint density at radius 3 is 2.65 bits per heavy atom. The van der Waals surface area contributed by atoms with Gasteiger partial charge in [-0.2, -0.15) is 13.2 Å². The molecule has 1 saturated carbocycles. The molecule has 3 unspecified atom stereocenters. The molecule has 2 N–H and O–H groups in total. The number of hydrogen-bond donors (Lipinski definition) is 2. The van der Waals surface area contributed by atoms with Crippen LogP contribution < -0.4 is 5.32 Å². The van der Waals surface area contributed by atoms with Crippen molar-refractivity contribution >= 4 is 28.8 Å². The van der Waals surface area contributed by atoms with Crippen LogP contribution in [0, 0.1) is 5.92 Å². The molecule has 3 heterocycles. The van der Waals surface area contributed by atoms with Gasteiger partial charge in [-0.3, -0.25) is 14.9 Å². The molecule has 6 rings (SSSR count). The summed E-state index contributed by atoms with van der Waals surface area (Å²) in [6.45, 7) is 2.70. The largest absolute Gasteiger partial charge is 0.416 e.